The van der Waals surface area contributed by atoms with Crippen molar-refractivity contribution < 1.29 is 14.3 Å². The Balaban J connectivity index is 2.00. The first-order valence-corrected chi connectivity index (χ1v) is 11.2. The van der Waals surface area contributed by atoms with Gasteiger partial charge in [-0.05, 0) is 44.0 Å². The predicted molar refractivity (Wildman–Crippen MR) is 128 cm³/mol. The van der Waals surface area contributed by atoms with Crippen LogP contribution in [0.1, 0.15) is 50.8 Å². The minimum Gasteiger partial charge on any atom is -0.460 e. The maximum atomic E-state index is 13.5. The van der Waals surface area contributed by atoms with E-state index < -0.39 is 11.0 Å². The number of hydrogen-bond donors (Lipinski definition) is 0. The monoisotopic (exact) mass is 449 g/mol. The van der Waals surface area contributed by atoms with Crippen LogP contribution in [0, 0.1) is 5.41 Å². The zero-order chi connectivity index (χ0) is 23.3. The molecule has 0 saturated heterocycles. The summed E-state index contributed by atoms with van der Waals surface area (Å²) < 4.78 is 7.67. The Labute approximate surface area is 194 Å². The number of Topliss-reactive ketones (excluding diaryl/α,β-unsaturated/α-hetero) is 1. The molecule has 0 radical (unpaired) electrons. The highest BCUT2D eigenvalue weighted by Crippen LogP contribution is 2.47. The summed E-state index contributed by atoms with van der Waals surface area (Å²) in [5.41, 5.74) is 3.94. The number of benzene rings is 2. The molecule has 32 heavy (non-hydrogen) atoms. The molecule has 0 amide bonds. The van der Waals surface area contributed by atoms with Crippen molar-refractivity contribution in [1.82, 2.24) is 4.57 Å². The van der Waals surface area contributed by atoms with Gasteiger partial charge in [0.1, 0.15) is 5.60 Å². The van der Waals surface area contributed by atoms with Crippen molar-refractivity contribution in [3.05, 3.63) is 71.0 Å². The van der Waals surface area contributed by atoms with Gasteiger partial charge in [-0.15, -0.1) is 0 Å². The molecule has 4 nitrogen and oxygen atoms in total. The number of fused-ring (bicyclic) bond motifs is 1. The third-order valence-corrected chi connectivity index (χ3v) is 5.93. The van der Waals surface area contributed by atoms with E-state index in [1.807, 2.05) is 93.8 Å². The summed E-state index contributed by atoms with van der Waals surface area (Å²) in [4.78, 5) is 26.4. The summed E-state index contributed by atoms with van der Waals surface area (Å²) in [6.07, 6.45) is 0.0818. The summed E-state index contributed by atoms with van der Waals surface area (Å²) in [5.74, 6) is -0.230. The van der Waals surface area contributed by atoms with Gasteiger partial charge in [0, 0.05) is 33.8 Å². The smallest absolute Gasteiger partial charge is 0.312 e. The van der Waals surface area contributed by atoms with E-state index in [4.69, 9.17) is 16.3 Å². The molecule has 3 aromatic rings. The molecule has 1 aliphatic rings. The molecule has 0 saturated carbocycles. The number of carbonyl (C=O) groups is 2. The number of aromatic nitrogens is 1. The van der Waals surface area contributed by atoms with Crippen molar-refractivity contribution in [2.75, 3.05) is 0 Å². The highest BCUT2D eigenvalue weighted by atomic mass is 35.5. The molecule has 0 fully saturated rings. The Morgan fingerprint density at radius 3 is 2.19 bits per heavy atom. The highest BCUT2D eigenvalue weighted by molar-refractivity contribution is 6.30. The Hall–Kier alpha value is -2.85. The fraction of sp³-hybridized carbons (Fsp3) is 0.333. The first kappa shape index (κ1) is 22.3. The molecule has 2 heterocycles. The Kier molecular flexibility index (Phi) is 5.54. The molecule has 2 aromatic carbocycles. The van der Waals surface area contributed by atoms with Crippen LogP contribution in [0.4, 0.5) is 0 Å². The lowest BCUT2D eigenvalue weighted by Gasteiger charge is -2.21. The maximum absolute atomic E-state index is 13.5. The van der Waals surface area contributed by atoms with Crippen LogP contribution in [0.3, 0.4) is 0 Å². The van der Waals surface area contributed by atoms with Crippen molar-refractivity contribution in [3.63, 3.8) is 0 Å². The number of ketones is 1. The highest BCUT2D eigenvalue weighted by Gasteiger charge is 2.43. The number of rotatable bonds is 4. The molecule has 1 aromatic heterocycles. The summed E-state index contributed by atoms with van der Waals surface area (Å²) in [7, 11) is 0. The third-order valence-electron chi connectivity index (χ3n) is 5.68. The standard InChI is InChI=1S/C27H28ClNO3/c1-26(2,3)32-21(30)15-20-22(18-11-13-19(28)14-12-18)23(17-9-7-6-8-10-17)24-25(31)27(4,5)16-29(20)24/h6-14H,15-16H2,1-5H3. The molecule has 4 rings (SSSR count). The average Bonchev–Trinajstić information content (AvgIpc) is 3.12. The van der Waals surface area contributed by atoms with E-state index in [9.17, 15) is 9.59 Å². The van der Waals surface area contributed by atoms with Crippen molar-refractivity contribution in [2.24, 2.45) is 5.41 Å². The van der Waals surface area contributed by atoms with Gasteiger partial charge in [0.2, 0.25) is 0 Å². The molecule has 0 spiro atoms. The average molecular weight is 450 g/mol. The van der Waals surface area contributed by atoms with Crippen LogP contribution in [0.25, 0.3) is 22.3 Å². The number of ether oxygens (including phenoxy) is 1. The van der Waals surface area contributed by atoms with Gasteiger partial charge < -0.3 is 9.30 Å². The number of halogens is 1. The molecular formula is C27H28ClNO3. The number of esters is 1. The molecule has 166 valence electrons. The molecule has 0 N–H and O–H groups in total. The number of hydrogen-bond acceptors (Lipinski definition) is 3. The Morgan fingerprint density at radius 1 is 1.00 bits per heavy atom. The fourth-order valence-electron chi connectivity index (χ4n) is 4.38. The Bertz CT molecular complexity index is 1180. The molecule has 0 bridgehead atoms. The van der Waals surface area contributed by atoms with Crippen LogP contribution in [-0.4, -0.2) is 21.9 Å². The van der Waals surface area contributed by atoms with Crippen LogP contribution < -0.4 is 0 Å². The van der Waals surface area contributed by atoms with Crippen molar-refractivity contribution >= 4 is 23.4 Å². The van der Waals surface area contributed by atoms with Crippen LogP contribution in [0.2, 0.25) is 5.02 Å². The minimum atomic E-state index is -0.588. The second kappa shape index (κ2) is 7.93. The van der Waals surface area contributed by atoms with Crippen molar-refractivity contribution in [1.29, 1.82) is 0 Å². The van der Waals surface area contributed by atoms with Gasteiger partial charge in [0.25, 0.3) is 0 Å². The van der Waals surface area contributed by atoms with Gasteiger partial charge in [0.05, 0.1) is 12.1 Å². The largest absolute Gasteiger partial charge is 0.460 e. The van der Waals surface area contributed by atoms with E-state index in [1.54, 1.807) is 0 Å². The fourth-order valence-corrected chi connectivity index (χ4v) is 4.50. The first-order valence-electron chi connectivity index (χ1n) is 10.8. The summed E-state index contributed by atoms with van der Waals surface area (Å²) in [6.45, 7) is 10.0. The van der Waals surface area contributed by atoms with E-state index >= 15 is 0 Å². The van der Waals surface area contributed by atoms with Crippen LogP contribution in [0.15, 0.2) is 54.6 Å². The zero-order valence-electron chi connectivity index (χ0n) is 19.2. The minimum absolute atomic E-state index is 0.0818. The Morgan fingerprint density at radius 2 is 1.59 bits per heavy atom. The normalized spacial score (nSPS) is 15.0. The second-order valence-electron chi connectivity index (χ2n) is 9.98. The predicted octanol–water partition coefficient (Wildman–Crippen LogP) is 6.58. The molecule has 0 atom stereocenters. The van der Waals surface area contributed by atoms with E-state index in [0.717, 1.165) is 27.9 Å². The van der Waals surface area contributed by atoms with Gasteiger partial charge in [-0.2, -0.15) is 0 Å². The van der Waals surface area contributed by atoms with E-state index in [0.29, 0.717) is 17.3 Å². The van der Waals surface area contributed by atoms with Gasteiger partial charge >= 0.3 is 5.97 Å². The van der Waals surface area contributed by atoms with Crippen LogP contribution in [-0.2, 0) is 22.5 Å². The summed E-state index contributed by atoms with van der Waals surface area (Å²) in [5, 5.41) is 0.632. The van der Waals surface area contributed by atoms with Gasteiger partial charge in [0.15, 0.2) is 5.78 Å². The quantitative estimate of drug-likeness (QED) is 0.422. The number of carbonyl (C=O) groups excluding carboxylic acids is 2. The van der Waals surface area contributed by atoms with E-state index in [2.05, 4.69) is 0 Å². The lowest BCUT2D eigenvalue weighted by atomic mass is 9.85. The molecule has 5 heteroatoms. The summed E-state index contributed by atoms with van der Waals surface area (Å²) in [6, 6.07) is 17.4. The van der Waals surface area contributed by atoms with Gasteiger partial charge in [-0.3, -0.25) is 9.59 Å². The lowest BCUT2D eigenvalue weighted by Crippen LogP contribution is -2.26. The van der Waals surface area contributed by atoms with Crippen LogP contribution >= 0.6 is 11.6 Å². The molecule has 0 aliphatic carbocycles. The van der Waals surface area contributed by atoms with Crippen LogP contribution in [0.5, 0.6) is 0 Å². The van der Waals surface area contributed by atoms with Gasteiger partial charge in [-0.25, -0.2) is 0 Å². The molecular weight excluding hydrogens is 422 g/mol. The maximum Gasteiger partial charge on any atom is 0.312 e. The van der Waals surface area contributed by atoms with E-state index in [-0.39, 0.29) is 18.2 Å². The number of nitrogens with zero attached hydrogens (tertiary/aromatic N) is 1. The SMILES string of the molecule is CC(C)(C)OC(=O)Cc1c(-c2ccc(Cl)cc2)c(-c2ccccc2)c2n1CC(C)(C)C2=O. The van der Waals surface area contributed by atoms with Gasteiger partial charge in [-0.1, -0.05) is 67.9 Å². The second-order valence-corrected chi connectivity index (χ2v) is 10.4. The van der Waals surface area contributed by atoms with Crippen molar-refractivity contribution in [2.45, 2.75) is 53.2 Å². The first-order chi connectivity index (χ1) is 15.0. The topological polar surface area (TPSA) is 48.3 Å². The lowest BCUT2D eigenvalue weighted by molar-refractivity contribution is -0.154. The zero-order valence-corrected chi connectivity index (χ0v) is 19.9. The third kappa shape index (κ3) is 4.12. The summed E-state index contributed by atoms with van der Waals surface area (Å²) >= 11 is 6.15. The molecule has 0 unspecified atom stereocenters. The van der Waals surface area contributed by atoms with Crippen molar-refractivity contribution in [3.8, 4) is 22.3 Å². The molecule has 1 aliphatic heterocycles. The van der Waals surface area contributed by atoms with E-state index in [1.165, 1.54) is 0 Å².